The van der Waals surface area contributed by atoms with E-state index in [0.29, 0.717) is 17.8 Å². The molecular formula is C22H26N2O2. The van der Waals surface area contributed by atoms with E-state index in [1.165, 1.54) is 5.56 Å². The number of dihydropyridines is 1. The zero-order valence-electron chi connectivity index (χ0n) is 15.5. The van der Waals surface area contributed by atoms with Gasteiger partial charge in [0.1, 0.15) is 5.76 Å². The third kappa shape index (κ3) is 3.38. The van der Waals surface area contributed by atoms with E-state index in [-0.39, 0.29) is 0 Å². The lowest BCUT2D eigenvalue weighted by atomic mass is 9.72. The van der Waals surface area contributed by atoms with E-state index in [9.17, 15) is 0 Å². The summed E-state index contributed by atoms with van der Waals surface area (Å²) in [6, 6.07) is 10.9. The molecule has 0 N–H and O–H groups in total. The average molecular weight is 350 g/mol. The molecule has 1 aromatic carbocycles. The molecule has 0 aliphatic carbocycles. The first-order chi connectivity index (χ1) is 12.7. The van der Waals surface area contributed by atoms with Crippen LogP contribution in [0.15, 0.2) is 45.9 Å². The number of ether oxygens (including phenoxy) is 1. The summed E-state index contributed by atoms with van der Waals surface area (Å²) >= 11 is 0. The van der Waals surface area contributed by atoms with Crippen LogP contribution in [0, 0.1) is 25.7 Å². The number of rotatable bonds is 4. The van der Waals surface area contributed by atoms with Crippen LogP contribution in [0.4, 0.5) is 0 Å². The van der Waals surface area contributed by atoms with Crippen molar-refractivity contribution in [3.8, 4) is 0 Å². The van der Waals surface area contributed by atoms with Crippen LogP contribution in [0.2, 0.25) is 0 Å². The van der Waals surface area contributed by atoms with Gasteiger partial charge in [0.05, 0.1) is 5.69 Å². The normalized spacial score (nSPS) is 22.2. The standard InChI is InChI=1S/C22H26N2O2/c1-15-21(16(2)26-24-15)19-12-20(14-23-13-19)22(17-6-4-3-5-7-17)18-8-10-25-11-9-18/h3-7,12-13,18,20,22H,8-11,14H2,1-2H3. The Bertz CT molecular complexity index is 781. The molecule has 4 heteroatoms. The quantitative estimate of drug-likeness (QED) is 0.810. The van der Waals surface area contributed by atoms with Gasteiger partial charge in [0, 0.05) is 43.0 Å². The summed E-state index contributed by atoms with van der Waals surface area (Å²) in [5.41, 5.74) is 4.58. The molecule has 2 atom stereocenters. The molecule has 0 amide bonds. The zero-order chi connectivity index (χ0) is 17.9. The molecule has 4 rings (SSSR count). The Morgan fingerprint density at radius 3 is 2.54 bits per heavy atom. The monoisotopic (exact) mass is 350 g/mol. The molecular weight excluding hydrogens is 324 g/mol. The van der Waals surface area contributed by atoms with Crippen molar-refractivity contribution in [2.75, 3.05) is 19.8 Å². The maximum Gasteiger partial charge on any atom is 0.141 e. The Balaban J connectivity index is 1.70. The van der Waals surface area contributed by atoms with Gasteiger partial charge in [-0.1, -0.05) is 41.6 Å². The van der Waals surface area contributed by atoms with E-state index in [0.717, 1.165) is 55.2 Å². The predicted molar refractivity (Wildman–Crippen MR) is 104 cm³/mol. The number of aryl methyl sites for hydroxylation is 2. The van der Waals surface area contributed by atoms with Crippen molar-refractivity contribution in [1.82, 2.24) is 5.16 Å². The number of aromatic nitrogens is 1. The van der Waals surface area contributed by atoms with Crippen LogP contribution >= 0.6 is 0 Å². The molecule has 2 aliphatic rings. The lowest BCUT2D eigenvalue weighted by Gasteiger charge is -2.35. The number of nitrogens with zero attached hydrogens (tertiary/aromatic N) is 2. The molecule has 2 aliphatic heterocycles. The van der Waals surface area contributed by atoms with E-state index in [1.807, 2.05) is 20.1 Å². The van der Waals surface area contributed by atoms with Gasteiger partial charge in [-0.2, -0.15) is 0 Å². The molecule has 0 radical (unpaired) electrons. The lowest BCUT2D eigenvalue weighted by molar-refractivity contribution is 0.0532. The molecule has 136 valence electrons. The summed E-state index contributed by atoms with van der Waals surface area (Å²) in [5, 5.41) is 4.12. The summed E-state index contributed by atoms with van der Waals surface area (Å²) in [5.74, 6) is 2.34. The summed E-state index contributed by atoms with van der Waals surface area (Å²) in [6.45, 7) is 6.54. The first kappa shape index (κ1) is 17.2. The van der Waals surface area contributed by atoms with Gasteiger partial charge >= 0.3 is 0 Å². The molecule has 0 bridgehead atoms. The molecule has 1 fully saturated rings. The fourth-order valence-electron chi connectivity index (χ4n) is 4.48. The summed E-state index contributed by atoms with van der Waals surface area (Å²) < 4.78 is 11.0. The maximum absolute atomic E-state index is 5.62. The Morgan fingerprint density at radius 1 is 1.08 bits per heavy atom. The number of benzene rings is 1. The molecule has 26 heavy (non-hydrogen) atoms. The highest BCUT2D eigenvalue weighted by molar-refractivity contribution is 6.11. The van der Waals surface area contributed by atoms with Gasteiger partial charge in [0.15, 0.2) is 0 Å². The molecule has 0 saturated carbocycles. The van der Waals surface area contributed by atoms with Gasteiger partial charge in [-0.05, 0) is 44.1 Å². The average Bonchev–Trinajstić information content (AvgIpc) is 3.02. The molecule has 3 heterocycles. The van der Waals surface area contributed by atoms with Crippen LogP contribution in [0.1, 0.15) is 41.3 Å². The first-order valence-corrected chi connectivity index (χ1v) is 9.51. The minimum atomic E-state index is 0.384. The van der Waals surface area contributed by atoms with Crippen LogP contribution < -0.4 is 0 Å². The van der Waals surface area contributed by atoms with E-state index < -0.39 is 0 Å². The van der Waals surface area contributed by atoms with Crippen LogP contribution in [-0.2, 0) is 4.74 Å². The van der Waals surface area contributed by atoms with Crippen molar-refractivity contribution in [2.45, 2.75) is 32.6 Å². The van der Waals surface area contributed by atoms with Crippen molar-refractivity contribution in [1.29, 1.82) is 0 Å². The smallest absolute Gasteiger partial charge is 0.141 e. The van der Waals surface area contributed by atoms with E-state index in [1.54, 1.807) is 0 Å². The second-order valence-electron chi connectivity index (χ2n) is 7.37. The minimum Gasteiger partial charge on any atom is -0.381 e. The predicted octanol–water partition coefficient (Wildman–Crippen LogP) is 4.59. The Morgan fingerprint density at radius 2 is 1.85 bits per heavy atom. The minimum absolute atomic E-state index is 0.384. The summed E-state index contributed by atoms with van der Waals surface area (Å²) in [6.07, 6.45) is 6.62. The fourth-order valence-corrected chi connectivity index (χ4v) is 4.48. The lowest BCUT2D eigenvalue weighted by Crippen LogP contribution is -2.29. The first-order valence-electron chi connectivity index (χ1n) is 9.51. The van der Waals surface area contributed by atoms with Crippen LogP contribution in [-0.4, -0.2) is 31.1 Å². The van der Waals surface area contributed by atoms with Crippen LogP contribution in [0.3, 0.4) is 0 Å². The second kappa shape index (κ2) is 7.58. The molecule has 1 aromatic heterocycles. The van der Waals surface area contributed by atoms with Gasteiger partial charge in [0.25, 0.3) is 0 Å². The van der Waals surface area contributed by atoms with Crippen LogP contribution in [0.5, 0.6) is 0 Å². The molecule has 0 spiro atoms. The third-order valence-electron chi connectivity index (χ3n) is 5.68. The highest BCUT2D eigenvalue weighted by atomic mass is 16.5. The van der Waals surface area contributed by atoms with Crippen molar-refractivity contribution in [2.24, 2.45) is 16.8 Å². The zero-order valence-corrected chi connectivity index (χ0v) is 15.5. The Hall–Kier alpha value is -2.20. The second-order valence-corrected chi connectivity index (χ2v) is 7.37. The van der Waals surface area contributed by atoms with Crippen molar-refractivity contribution < 1.29 is 9.26 Å². The number of allylic oxidation sites excluding steroid dienone is 1. The van der Waals surface area contributed by atoms with E-state index >= 15 is 0 Å². The molecule has 1 saturated heterocycles. The van der Waals surface area contributed by atoms with Crippen LogP contribution in [0.25, 0.3) is 5.57 Å². The fraction of sp³-hybridized carbons (Fsp3) is 0.455. The van der Waals surface area contributed by atoms with E-state index in [2.05, 4.69) is 41.6 Å². The largest absolute Gasteiger partial charge is 0.381 e. The van der Waals surface area contributed by atoms with Gasteiger partial charge < -0.3 is 9.26 Å². The van der Waals surface area contributed by atoms with Gasteiger partial charge in [-0.3, -0.25) is 4.99 Å². The van der Waals surface area contributed by atoms with Gasteiger partial charge in [0.2, 0.25) is 0 Å². The van der Waals surface area contributed by atoms with Gasteiger partial charge in [-0.25, -0.2) is 0 Å². The SMILES string of the molecule is Cc1noc(C)c1C1=CC(C(c2ccccc2)C2CCOCC2)CN=C1. The number of hydrogen-bond acceptors (Lipinski definition) is 4. The highest BCUT2D eigenvalue weighted by Crippen LogP contribution is 2.41. The molecule has 4 nitrogen and oxygen atoms in total. The van der Waals surface area contributed by atoms with Gasteiger partial charge in [-0.15, -0.1) is 0 Å². The molecule has 2 unspecified atom stereocenters. The summed E-state index contributed by atoms with van der Waals surface area (Å²) in [4.78, 5) is 4.73. The van der Waals surface area contributed by atoms with E-state index in [4.69, 9.17) is 14.3 Å². The highest BCUT2D eigenvalue weighted by Gasteiger charge is 2.32. The Labute approximate surface area is 155 Å². The van der Waals surface area contributed by atoms with Crippen molar-refractivity contribution >= 4 is 11.8 Å². The summed E-state index contributed by atoms with van der Waals surface area (Å²) in [7, 11) is 0. The Kier molecular flexibility index (Phi) is 5.02. The van der Waals surface area contributed by atoms with Crippen molar-refractivity contribution in [3.05, 3.63) is 59.0 Å². The number of aliphatic imine (C=N–C) groups is 1. The maximum atomic E-state index is 5.62. The molecule has 2 aromatic rings. The third-order valence-corrected chi connectivity index (χ3v) is 5.68. The number of hydrogen-bond donors (Lipinski definition) is 0. The topological polar surface area (TPSA) is 47.6 Å². The van der Waals surface area contributed by atoms with Crippen molar-refractivity contribution in [3.63, 3.8) is 0 Å².